The van der Waals surface area contributed by atoms with Gasteiger partial charge < -0.3 is 0 Å². The lowest BCUT2D eigenvalue weighted by atomic mass is 9.99. The fraction of sp³-hybridized carbons (Fsp3) is 0.385. The maximum atomic E-state index is 11.6. The van der Waals surface area contributed by atoms with E-state index in [9.17, 15) is 8.42 Å². The Bertz CT molecular complexity index is 527. The van der Waals surface area contributed by atoms with Gasteiger partial charge in [-0.1, -0.05) is 54.9 Å². The fourth-order valence-electron chi connectivity index (χ4n) is 1.07. The summed E-state index contributed by atoms with van der Waals surface area (Å²) >= 11 is 3.35. The summed E-state index contributed by atoms with van der Waals surface area (Å²) in [4.78, 5) is 0. The summed E-state index contributed by atoms with van der Waals surface area (Å²) in [6.07, 6.45) is 1.52. The Balaban J connectivity index is 2.75. The van der Waals surface area contributed by atoms with Crippen LogP contribution < -0.4 is 0 Å². The lowest BCUT2D eigenvalue weighted by Gasteiger charge is -2.16. The summed E-state index contributed by atoms with van der Waals surface area (Å²) < 4.78 is 29.0. The van der Waals surface area contributed by atoms with Crippen molar-refractivity contribution in [3.8, 4) is 0 Å². The van der Waals surface area contributed by atoms with Crippen LogP contribution in [0.4, 0.5) is 0 Å². The quantitative estimate of drug-likeness (QED) is 0.787. The SMILES string of the molecule is CC(C)(C)COS(=O)(=O)/C=C/c1ccccc1Br. The summed E-state index contributed by atoms with van der Waals surface area (Å²) in [5, 5.41) is 1.08. The molecule has 1 aromatic carbocycles. The summed E-state index contributed by atoms with van der Waals surface area (Å²) in [6.45, 7) is 5.91. The zero-order chi connectivity index (χ0) is 13.8. The van der Waals surface area contributed by atoms with E-state index >= 15 is 0 Å². The van der Waals surface area contributed by atoms with Gasteiger partial charge in [0.2, 0.25) is 0 Å². The van der Waals surface area contributed by atoms with Crippen LogP contribution in [-0.2, 0) is 14.3 Å². The number of rotatable bonds is 4. The molecule has 0 spiro atoms. The molecule has 1 rings (SSSR count). The molecular formula is C13H17BrO3S. The highest BCUT2D eigenvalue weighted by Crippen LogP contribution is 2.19. The van der Waals surface area contributed by atoms with Crippen molar-refractivity contribution in [1.29, 1.82) is 0 Å². The number of halogens is 1. The average Bonchev–Trinajstić information content (AvgIpc) is 2.25. The predicted molar refractivity (Wildman–Crippen MR) is 77.5 cm³/mol. The molecule has 0 heterocycles. The van der Waals surface area contributed by atoms with Crippen molar-refractivity contribution in [2.75, 3.05) is 6.61 Å². The summed E-state index contributed by atoms with van der Waals surface area (Å²) in [7, 11) is -3.63. The molecule has 0 saturated carbocycles. The first-order chi connectivity index (χ1) is 8.20. The van der Waals surface area contributed by atoms with E-state index in [2.05, 4.69) is 15.9 Å². The third kappa shape index (κ3) is 5.80. The first kappa shape index (κ1) is 15.4. The average molecular weight is 333 g/mol. The Morgan fingerprint density at radius 1 is 1.28 bits per heavy atom. The molecule has 0 aliphatic rings. The Morgan fingerprint density at radius 2 is 1.89 bits per heavy atom. The van der Waals surface area contributed by atoms with Crippen LogP contribution in [0.15, 0.2) is 34.1 Å². The molecule has 0 N–H and O–H groups in total. The topological polar surface area (TPSA) is 43.4 Å². The lowest BCUT2D eigenvalue weighted by molar-refractivity contribution is 0.206. The van der Waals surface area contributed by atoms with E-state index in [1.54, 1.807) is 0 Å². The molecule has 1 aromatic rings. The highest BCUT2D eigenvalue weighted by molar-refractivity contribution is 9.10. The smallest absolute Gasteiger partial charge is 0.266 e. The molecule has 0 aromatic heterocycles. The first-order valence-electron chi connectivity index (χ1n) is 5.52. The minimum Gasteiger partial charge on any atom is -0.266 e. The second-order valence-corrected chi connectivity index (χ2v) is 7.49. The van der Waals surface area contributed by atoms with Crippen molar-refractivity contribution in [3.05, 3.63) is 39.7 Å². The Hall–Kier alpha value is -0.650. The number of hydrogen-bond donors (Lipinski definition) is 0. The van der Waals surface area contributed by atoms with E-state index < -0.39 is 10.1 Å². The van der Waals surface area contributed by atoms with Crippen LogP contribution in [0.3, 0.4) is 0 Å². The van der Waals surface area contributed by atoms with Gasteiger partial charge in [-0.3, -0.25) is 4.18 Å². The van der Waals surface area contributed by atoms with Crippen LogP contribution in [-0.4, -0.2) is 15.0 Å². The van der Waals surface area contributed by atoms with Gasteiger partial charge in [0.25, 0.3) is 10.1 Å². The van der Waals surface area contributed by atoms with Gasteiger partial charge in [-0.25, -0.2) is 0 Å². The summed E-state index contributed by atoms with van der Waals surface area (Å²) in [5.41, 5.74) is 0.606. The van der Waals surface area contributed by atoms with E-state index in [1.807, 2.05) is 45.0 Å². The third-order valence-electron chi connectivity index (χ3n) is 1.98. The van der Waals surface area contributed by atoms with E-state index in [1.165, 1.54) is 6.08 Å². The minimum atomic E-state index is -3.63. The van der Waals surface area contributed by atoms with E-state index in [0.29, 0.717) is 0 Å². The van der Waals surface area contributed by atoms with Gasteiger partial charge in [-0.05, 0) is 23.1 Å². The number of hydrogen-bond acceptors (Lipinski definition) is 3. The zero-order valence-corrected chi connectivity index (χ0v) is 13.1. The molecule has 0 saturated heterocycles. The van der Waals surface area contributed by atoms with Gasteiger partial charge in [0.05, 0.1) is 12.0 Å². The molecule has 5 heteroatoms. The molecule has 0 aliphatic heterocycles. The first-order valence-corrected chi connectivity index (χ1v) is 7.78. The van der Waals surface area contributed by atoms with Gasteiger partial charge in [0, 0.05) is 4.47 Å². The molecule has 0 unspecified atom stereocenters. The summed E-state index contributed by atoms with van der Waals surface area (Å²) in [6, 6.07) is 7.38. The van der Waals surface area contributed by atoms with E-state index in [-0.39, 0.29) is 12.0 Å². The minimum absolute atomic E-state index is 0.162. The van der Waals surface area contributed by atoms with Crippen molar-refractivity contribution in [1.82, 2.24) is 0 Å². The van der Waals surface area contributed by atoms with Gasteiger partial charge in [-0.15, -0.1) is 0 Å². The largest absolute Gasteiger partial charge is 0.290 e. The van der Waals surface area contributed by atoms with Crippen molar-refractivity contribution in [2.45, 2.75) is 20.8 Å². The molecule has 0 aliphatic carbocycles. The Morgan fingerprint density at radius 3 is 2.44 bits per heavy atom. The number of benzene rings is 1. The Labute approximate surface area is 117 Å². The van der Waals surface area contributed by atoms with Crippen LogP contribution in [0.2, 0.25) is 0 Å². The van der Waals surface area contributed by atoms with Crippen molar-refractivity contribution >= 4 is 32.1 Å². The molecule has 0 bridgehead atoms. The monoisotopic (exact) mass is 332 g/mol. The van der Waals surface area contributed by atoms with E-state index in [4.69, 9.17) is 4.18 Å². The third-order valence-corrected chi connectivity index (χ3v) is 3.61. The molecule has 0 atom stereocenters. The molecular weight excluding hydrogens is 316 g/mol. The van der Waals surface area contributed by atoms with E-state index in [0.717, 1.165) is 15.4 Å². The van der Waals surface area contributed by atoms with Gasteiger partial charge >= 0.3 is 0 Å². The van der Waals surface area contributed by atoms with Gasteiger partial charge in [-0.2, -0.15) is 8.42 Å². The highest BCUT2D eigenvalue weighted by Gasteiger charge is 2.15. The normalized spacial score (nSPS) is 13.1. The maximum absolute atomic E-state index is 11.6. The highest BCUT2D eigenvalue weighted by atomic mass is 79.9. The van der Waals surface area contributed by atoms with Crippen molar-refractivity contribution in [2.24, 2.45) is 5.41 Å². The summed E-state index contributed by atoms with van der Waals surface area (Å²) in [5.74, 6) is 0. The van der Waals surface area contributed by atoms with Crippen LogP contribution in [0.1, 0.15) is 26.3 Å². The molecule has 0 amide bonds. The molecule has 0 fully saturated rings. The van der Waals surface area contributed by atoms with Crippen LogP contribution in [0, 0.1) is 5.41 Å². The van der Waals surface area contributed by atoms with Gasteiger partial charge in [0.15, 0.2) is 0 Å². The standard InChI is InChI=1S/C13H17BrO3S/c1-13(2,3)10-17-18(15,16)9-8-11-6-4-5-7-12(11)14/h4-9H,10H2,1-3H3/b9-8+. The second-order valence-electron chi connectivity index (χ2n) is 5.14. The van der Waals surface area contributed by atoms with Crippen LogP contribution in [0.5, 0.6) is 0 Å². The predicted octanol–water partition coefficient (Wildman–Crippen LogP) is 3.81. The fourth-order valence-corrected chi connectivity index (χ4v) is 2.39. The van der Waals surface area contributed by atoms with Crippen LogP contribution in [0.25, 0.3) is 6.08 Å². The molecule has 18 heavy (non-hydrogen) atoms. The zero-order valence-electron chi connectivity index (χ0n) is 10.7. The second kappa shape index (κ2) is 5.99. The molecule has 100 valence electrons. The van der Waals surface area contributed by atoms with Gasteiger partial charge in [0.1, 0.15) is 0 Å². The van der Waals surface area contributed by atoms with Crippen molar-refractivity contribution < 1.29 is 12.6 Å². The lowest BCUT2D eigenvalue weighted by Crippen LogP contribution is -2.17. The molecule has 3 nitrogen and oxygen atoms in total. The van der Waals surface area contributed by atoms with Crippen molar-refractivity contribution in [3.63, 3.8) is 0 Å². The maximum Gasteiger partial charge on any atom is 0.290 e. The Kier molecular flexibility index (Phi) is 5.13. The van der Waals surface area contributed by atoms with Crippen LogP contribution >= 0.6 is 15.9 Å². The molecule has 0 radical (unpaired) electrons.